The van der Waals surface area contributed by atoms with Crippen LogP contribution in [0.15, 0.2) is 18.2 Å². The molecule has 1 aliphatic rings. The molecule has 4 N–H and O–H groups in total. The van der Waals surface area contributed by atoms with Crippen LogP contribution in [-0.2, 0) is 6.54 Å². The molecule has 1 saturated carbocycles. The Hall–Kier alpha value is -1.26. The zero-order valence-corrected chi connectivity index (χ0v) is 10.9. The van der Waals surface area contributed by atoms with Crippen LogP contribution in [0.25, 0.3) is 0 Å². The van der Waals surface area contributed by atoms with E-state index in [1.165, 1.54) is 0 Å². The van der Waals surface area contributed by atoms with Crippen LogP contribution in [0.5, 0.6) is 11.5 Å². The number of nitrogens with two attached hydrogens (primary N) is 2. The van der Waals surface area contributed by atoms with Gasteiger partial charge in [0.1, 0.15) is 0 Å². The van der Waals surface area contributed by atoms with Gasteiger partial charge in [0.15, 0.2) is 11.5 Å². The number of rotatable bonds is 4. The summed E-state index contributed by atoms with van der Waals surface area (Å²) in [4.78, 5) is 0. The minimum Gasteiger partial charge on any atom is -0.493 e. The maximum atomic E-state index is 6.03. The Balaban J connectivity index is 2.07. The van der Waals surface area contributed by atoms with Gasteiger partial charge in [-0.1, -0.05) is 6.07 Å². The van der Waals surface area contributed by atoms with Crippen LogP contribution in [0, 0.1) is 0 Å². The summed E-state index contributed by atoms with van der Waals surface area (Å²) in [5.74, 6) is 1.56. The summed E-state index contributed by atoms with van der Waals surface area (Å²) in [7, 11) is 1.65. The quantitative estimate of drug-likeness (QED) is 0.855. The first-order chi connectivity index (χ1) is 8.72. The van der Waals surface area contributed by atoms with Gasteiger partial charge in [-0.05, 0) is 43.4 Å². The van der Waals surface area contributed by atoms with Crippen molar-refractivity contribution < 1.29 is 9.47 Å². The van der Waals surface area contributed by atoms with Crippen LogP contribution in [0.4, 0.5) is 0 Å². The summed E-state index contributed by atoms with van der Waals surface area (Å²) in [6, 6.07) is 6.17. The van der Waals surface area contributed by atoms with E-state index in [0.29, 0.717) is 12.6 Å². The Bertz CT molecular complexity index is 387. The second kappa shape index (κ2) is 6.07. The van der Waals surface area contributed by atoms with E-state index in [9.17, 15) is 0 Å². The minimum absolute atomic E-state index is 0.242. The van der Waals surface area contributed by atoms with Crippen LogP contribution in [0.3, 0.4) is 0 Å². The van der Waals surface area contributed by atoms with Gasteiger partial charge in [-0.25, -0.2) is 0 Å². The molecular weight excluding hydrogens is 228 g/mol. The minimum atomic E-state index is 0.242. The van der Waals surface area contributed by atoms with Crippen molar-refractivity contribution in [2.24, 2.45) is 11.5 Å². The Morgan fingerprint density at radius 1 is 1.17 bits per heavy atom. The summed E-state index contributed by atoms with van der Waals surface area (Å²) >= 11 is 0. The molecule has 0 bridgehead atoms. The van der Waals surface area contributed by atoms with Crippen molar-refractivity contribution in [2.75, 3.05) is 7.11 Å². The Morgan fingerprint density at radius 2 is 1.89 bits per heavy atom. The normalized spacial score (nSPS) is 23.7. The third kappa shape index (κ3) is 3.15. The van der Waals surface area contributed by atoms with E-state index < -0.39 is 0 Å². The van der Waals surface area contributed by atoms with E-state index in [0.717, 1.165) is 42.7 Å². The lowest BCUT2D eigenvalue weighted by Crippen LogP contribution is -2.31. The number of hydrogen-bond donors (Lipinski definition) is 2. The van der Waals surface area contributed by atoms with Crippen molar-refractivity contribution in [1.82, 2.24) is 0 Å². The van der Waals surface area contributed by atoms with Gasteiger partial charge < -0.3 is 20.9 Å². The van der Waals surface area contributed by atoms with Crippen LogP contribution >= 0.6 is 0 Å². The van der Waals surface area contributed by atoms with Crippen molar-refractivity contribution >= 4 is 0 Å². The van der Waals surface area contributed by atoms with Crippen molar-refractivity contribution in [1.29, 1.82) is 0 Å². The second-order valence-electron chi connectivity index (χ2n) is 4.84. The average molecular weight is 250 g/mol. The summed E-state index contributed by atoms with van der Waals surface area (Å²) in [5.41, 5.74) is 12.6. The van der Waals surface area contributed by atoms with E-state index in [-0.39, 0.29) is 6.10 Å². The third-order valence-electron chi connectivity index (χ3n) is 3.48. The maximum Gasteiger partial charge on any atom is 0.161 e. The molecule has 4 heteroatoms. The first-order valence-corrected chi connectivity index (χ1v) is 6.52. The van der Waals surface area contributed by atoms with Gasteiger partial charge in [0.05, 0.1) is 13.2 Å². The van der Waals surface area contributed by atoms with Gasteiger partial charge in [-0.3, -0.25) is 0 Å². The van der Waals surface area contributed by atoms with E-state index in [4.69, 9.17) is 20.9 Å². The molecule has 0 aliphatic heterocycles. The Morgan fingerprint density at radius 3 is 2.50 bits per heavy atom. The molecule has 1 aromatic rings. The zero-order valence-electron chi connectivity index (χ0n) is 10.9. The van der Waals surface area contributed by atoms with Crippen LogP contribution in [0.2, 0.25) is 0 Å². The Labute approximate surface area is 108 Å². The lowest BCUT2D eigenvalue weighted by molar-refractivity contribution is 0.142. The summed E-state index contributed by atoms with van der Waals surface area (Å²) in [6.07, 6.45) is 4.33. The summed E-state index contributed by atoms with van der Waals surface area (Å²) in [5, 5.41) is 0. The molecule has 0 radical (unpaired) electrons. The number of ether oxygens (including phenoxy) is 2. The third-order valence-corrected chi connectivity index (χ3v) is 3.48. The first kappa shape index (κ1) is 13.2. The highest BCUT2D eigenvalue weighted by molar-refractivity contribution is 5.43. The van der Waals surface area contributed by atoms with E-state index >= 15 is 0 Å². The average Bonchev–Trinajstić information content (AvgIpc) is 2.41. The molecule has 0 amide bonds. The molecule has 1 fully saturated rings. The molecule has 4 nitrogen and oxygen atoms in total. The SMILES string of the molecule is COc1ccc(CN)cc1OC1CCC(N)CC1. The van der Waals surface area contributed by atoms with Gasteiger partial charge in [-0.15, -0.1) is 0 Å². The topological polar surface area (TPSA) is 70.5 Å². The molecule has 1 aromatic carbocycles. The first-order valence-electron chi connectivity index (χ1n) is 6.52. The number of methoxy groups -OCH3 is 1. The Kier molecular flexibility index (Phi) is 4.44. The van der Waals surface area contributed by atoms with Gasteiger partial charge in [-0.2, -0.15) is 0 Å². The molecule has 1 aliphatic carbocycles. The number of benzene rings is 1. The van der Waals surface area contributed by atoms with Crippen molar-refractivity contribution in [2.45, 2.75) is 44.4 Å². The van der Waals surface area contributed by atoms with Crippen molar-refractivity contribution in [3.8, 4) is 11.5 Å². The largest absolute Gasteiger partial charge is 0.493 e. The molecule has 0 atom stereocenters. The van der Waals surface area contributed by atoms with Crippen LogP contribution in [0.1, 0.15) is 31.2 Å². The molecular formula is C14H22N2O2. The molecule has 0 saturated heterocycles. The fourth-order valence-corrected chi connectivity index (χ4v) is 2.33. The van der Waals surface area contributed by atoms with Crippen molar-refractivity contribution in [3.63, 3.8) is 0 Å². The molecule has 2 rings (SSSR count). The second-order valence-corrected chi connectivity index (χ2v) is 4.84. The maximum absolute atomic E-state index is 6.03. The molecule has 18 heavy (non-hydrogen) atoms. The standard InChI is InChI=1S/C14H22N2O2/c1-17-13-7-2-10(9-15)8-14(13)18-12-5-3-11(16)4-6-12/h2,7-8,11-12H,3-6,9,15-16H2,1H3. The highest BCUT2D eigenvalue weighted by Crippen LogP contribution is 2.31. The number of hydrogen-bond acceptors (Lipinski definition) is 4. The van der Waals surface area contributed by atoms with Crippen LogP contribution < -0.4 is 20.9 Å². The van der Waals surface area contributed by atoms with Gasteiger partial charge in [0.2, 0.25) is 0 Å². The molecule has 0 unspecified atom stereocenters. The summed E-state index contributed by atoms with van der Waals surface area (Å²) < 4.78 is 11.3. The highest BCUT2D eigenvalue weighted by atomic mass is 16.5. The van der Waals surface area contributed by atoms with E-state index in [1.54, 1.807) is 7.11 Å². The smallest absolute Gasteiger partial charge is 0.161 e. The fraction of sp³-hybridized carbons (Fsp3) is 0.571. The predicted molar refractivity (Wildman–Crippen MR) is 71.7 cm³/mol. The lowest BCUT2D eigenvalue weighted by atomic mass is 9.94. The summed E-state index contributed by atoms with van der Waals surface area (Å²) in [6.45, 7) is 0.510. The van der Waals surface area contributed by atoms with Crippen LogP contribution in [-0.4, -0.2) is 19.3 Å². The van der Waals surface area contributed by atoms with E-state index in [1.807, 2.05) is 18.2 Å². The highest BCUT2D eigenvalue weighted by Gasteiger charge is 2.21. The van der Waals surface area contributed by atoms with Gasteiger partial charge >= 0.3 is 0 Å². The fourth-order valence-electron chi connectivity index (χ4n) is 2.33. The molecule has 0 spiro atoms. The van der Waals surface area contributed by atoms with Crippen molar-refractivity contribution in [3.05, 3.63) is 23.8 Å². The lowest BCUT2D eigenvalue weighted by Gasteiger charge is -2.27. The molecule has 100 valence electrons. The monoisotopic (exact) mass is 250 g/mol. The molecule has 0 heterocycles. The predicted octanol–water partition coefficient (Wildman–Crippen LogP) is 1.80. The van der Waals surface area contributed by atoms with E-state index in [2.05, 4.69) is 0 Å². The van der Waals surface area contributed by atoms with Gasteiger partial charge in [0, 0.05) is 12.6 Å². The molecule has 0 aromatic heterocycles. The zero-order chi connectivity index (χ0) is 13.0. The van der Waals surface area contributed by atoms with Gasteiger partial charge in [0.25, 0.3) is 0 Å².